The average Bonchev–Trinajstić information content (AvgIpc) is 3.04. The van der Waals surface area contributed by atoms with Crippen molar-refractivity contribution in [3.05, 3.63) is 30.1 Å². The van der Waals surface area contributed by atoms with Crippen molar-refractivity contribution in [2.45, 2.75) is 19.8 Å². The van der Waals surface area contributed by atoms with Crippen molar-refractivity contribution in [3.63, 3.8) is 0 Å². The lowest BCUT2D eigenvalue weighted by atomic mass is 10.0. The first-order chi connectivity index (χ1) is 11.1. The molecule has 0 radical (unpaired) electrons. The zero-order valence-corrected chi connectivity index (χ0v) is 13.9. The summed E-state index contributed by atoms with van der Waals surface area (Å²) in [5.74, 6) is 1.43. The molecule has 3 aromatic rings. The van der Waals surface area contributed by atoms with E-state index in [1.54, 1.807) is 6.33 Å². The summed E-state index contributed by atoms with van der Waals surface area (Å²) in [6.07, 6.45) is 1.79. The number of rotatable bonds is 2. The Balaban J connectivity index is 1.88. The highest BCUT2D eigenvalue weighted by atomic mass is 15.3. The Bertz CT molecular complexity index is 845. The normalized spacial score (nSPS) is 16.8. The maximum Gasteiger partial charge on any atom is 0.204 e. The van der Waals surface area contributed by atoms with Crippen LogP contribution in [-0.4, -0.2) is 57.7 Å². The Hall–Kier alpha value is -2.21. The van der Waals surface area contributed by atoms with Crippen molar-refractivity contribution in [1.82, 2.24) is 24.5 Å². The van der Waals surface area contributed by atoms with Crippen LogP contribution < -0.4 is 4.90 Å². The van der Waals surface area contributed by atoms with Crippen LogP contribution in [0.15, 0.2) is 24.5 Å². The molecule has 0 atom stereocenters. The minimum absolute atomic E-state index is 0.489. The highest BCUT2D eigenvalue weighted by Crippen LogP contribution is 2.26. The second-order valence-electron chi connectivity index (χ2n) is 6.65. The Kier molecular flexibility index (Phi) is 3.41. The van der Waals surface area contributed by atoms with Gasteiger partial charge in [0.25, 0.3) is 0 Å². The Morgan fingerprint density at radius 1 is 1.09 bits per heavy atom. The zero-order valence-electron chi connectivity index (χ0n) is 13.9. The van der Waals surface area contributed by atoms with Crippen molar-refractivity contribution >= 4 is 22.5 Å². The van der Waals surface area contributed by atoms with Gasteiger partial charge in [0.15, 0.2) is 5.82 Å². The van der Waals surface area contributed by atoms with Gasteiger partial charge in [0.05, 0.1) is 11.0 Å². The number of fused-ring (bicyclic) bond motifs is 3. The lowest BCUT2D eigenvalue weighted by molar-refractivity contribution is 0.312. The Labute approximate surface area is 135 Å². The van der Waals surface area contributed by atoms with Gasteiger partial charge in [0.1, 0.15) is 6.33 Å². The molecule has 1 saturated heterocycles. The molecule has 4 rings (SSSR count). The number of piperazine rings is 1. The third kappa shape index (κ3) is 2.43. The first-order valence-electron chi connectivity index (χ1n) is 8.20. The average molecular weight is 310 g/mol. The summed E-state index contributed by atoms with van der Waals surface area (Å²) in [4.78, 5) is 9.57. The molecule has 2 aromatic heterocycles. The van der Waals surface area contributed by atoms with Gasteiger partial charge in [-0.25, -0.2) is 4.98 Å². The molecular formula is C17H22N6. The number of nitrogens with zero attached hydrogens (tertiary/aromatic N) is 6. The van der Waals surface area contributed by atoms with E-state index in [4.69, 9.17) is 4.98 Å². The molecule has 0 saturated carbocycles. The predicted octanol–water partition coefficient (Wildman–Crippen LogP) is 2.15. The highest BCUT2D eigenvalue weighted by Gasteiger charge is 2.20. The van der Waals surface area contributed by atoms with Gasteiger partial charge in [0, 0.05) is 26.2 Å². The van der Waals surface area contributed by atoms with Crippen LogP contribution in [0, 0.1) is 0 Å². The second-order valence-corrected chi connectivity index (χ2v) is 6.65. The summed E-state index contributed by atoms with van der Waals surface area (Å²) >= 11 is 0. The van der Waals surface area contributed by atoms with Crippen molar-refractivity contribution in [2.24, 2.45) is 0 Å². The fourth-order valence-electron chi connectivity index (χ4n) is 3.15. The monoisotopic (exact) mass is 310 g/mol. The van der Waals surface area contributed by atoms with Crippen molar-refractivity contribution in [1.29, 1.82) is 0 Å². The van der Waals surface area contributed by atoms with E-state index in [1.807, 2.05) is 0 Å². The summed E-state index contributed by atoms with van der Waals surface area (Å²) in [7, 11) is 2.16. The Morgan fingerprint density at radius 2 is 1.87 bits per heavy atom. The molecule has 0 bridgehead atoms. The lowest BCUT2D eigenvalue weighted by Crippen LogP contribution is -2.45. The summed E-state index contributed by atoms with van der Waals surface area (Å²) in [5, 5.41) is 8.46. The molecule has 6 heteroatoms. The quantitative estimate of drug-likeness (QED) is 0.726. The molecule has 1 fully saturated rings. The van der Waals surface area contributed by atoms with Crippen LogP contribution >= 0.6 is 0 Å². The maximum absolute atomic E-state index is 4.91. The second kappa shape index (κ2) is 5.45. The van der Waals surface area contributed by atoms with Gasteiger partial charge in [-0.05, 0) is 30.7 Å². The summed E-state index contributed by atoms with van der Waals surface area (Å²) in [5.41, 5.74) is 4.23. The number of aromatic nitrogens is 4. The number of anilines is 1. The maximum atomic E-state index is 4.91. The minimum atomic E-state index is 0.489. The van der Waals surface area contributed by atoms with Gasteiger partial charge in [0.2, 0.25) is 5.65 Å². The first kappa shape index (κ1) is 14.4. The molecule has 0 spiro atoms. The molecule has 23 heavy (non-hydrogen) atoms. The third-order valence-corrected chi connectivity index (χ3v) is 4.70. The van der Waals surface area contributed by atoms with Crippen LogP contribution in [0.3, 0.4) is 0 Å². The highest BCUT2D eigenvalue weighted by molar-refractivity contribution is 5.83. The molecule has 6 nitrogen and oxygen atoms in total. The van der Waals surface area contributed by atoms with Gasteiger partial charge >= 0.3 is 0 Å². The van der Waals surface area contributed by atoms with Crippen LogP contribution in [0.5, 0.6) is 0 Å². The zero-order chi connectivity index (χ0) is 16.0. The van der Waals surface area contributed by atoms with Gasteiger partial charge in [-0.2, -0.15) is 0 Å². The van der Waals surface area contributed by atoms with E-state index in [2.05, 4.69) is 63.5 Å². The van der Waals surface area contributed by atoms with Crippen molar-refractivity contribution in [2.75, 3.05) is 38.1 Å². The summed E-state index contributed by atoms with van der Waals surface area (Å²) in [6, 6.07) is 6.49. The van der Waals surface area contributed by atoms with Crippen LogP contribution in [0.2, 0.25) is 0 Å². The molecule has 1 aliphatic rings. The topological polar surface area (TPSA) is 49.6 Å². The van der Waals surface area contributed by atoms with E-state index < -0.39 is 0 Å². The molecule has 0 unspecified atom stereocenters. The van der Waals surface area contributed by atoms with Crippen molar-refractivity contribution < 1.29 is 0 Å². The molecule has 0 aliphatic carbocycles. The van der Waals surface area contributed by atoms with Crippen LogP contribution in [0.1, 0.15) is 25.3 Å². The third-order valence-electron chi connectivity index (χ3n) is 4.70. The van der Waals surface area contributed by atoms with E-state index in [0.29, 0.717) is 5.92 Å². The smallest absolute Gasteiger partial charge is 0.204 e. The van der Waals surface area contributed by atoms with E-state index >= 15 is 0 Å². The molecule has 1 aromatic carbocycles. The van der Waals surface area contributed by atoms with Gasteiger partial charge < -0.3 is 9.80 Å². The fraction of sp³-hybridized carbons (Fsp3) is 0.471. The number of likely N-dealkylation sites (N-methyl/N-ethyl adjacent to an activating group) is 1. The van der Waals surface area contributed by atoms with Crippen LogP contribution in [-0.2, 0) is 0 Å². The van der Waals surface area contributed by atoms with E-state index in [-0.39, 0.29) is 0 Å². The van der Waals surface area contributed by atoms with Gasteiger partial charge in [-0.3, -0.25) is 4.40 Å². The van der Waals surface area contributed by atoms with Crippen molar-refractivity contribution in [3.8, 4) is 0 Å². The number of benzene rings is 1. The first-order valence-corrected chi connectivity index (χ1v) is 8.20. The molecule has 120 valence electrons. The van der Waals surface area contributed by atoms with E-state index in [9.17, 15) is 0 Å². The van der Waals surface area contributed by atoms with E-state index in [0.717, 1.165) is 48.7 Å². The summed E-state index contributed by atoms with van der Waals surface area (Å²) < 4.78 is 2.07. The van der Waals surface area contributed by atoms with Crippen LogP contribution in [0.25, 0.3) is 16.7 Å². The Morgan fingerprint density at radius 3 is 2.61 bits per heavy atom. The SMILES string of the molecule is CC(C)c1ccc2nc(N3CCN(C)CC3)c3nncn3c2c1. The largest absolute Gasteiger partial charge is 0.351 e. The standard InChI is InChI=1S/C17H22N6/c1-12(2)13-4-5-14-15(10-13)23-11-18-20-17(23)16(19-14)22-8-6-21(3)7-9-22/h4-5,10-12H,6-9H2,1-3H3. The van der Waals surface area contributed by atoms with Gasteiger partial charge in [-0.1, -0.05) is 19.9 Å². The minimum Gasteiger partial charge on any atom is -0.351 e. The number of hydrogen-bond acceptors (Lipinski definition) is 5. The number of hydrogen-bond donors (Lipinski definition) is 0. The predicted molar refractivity (Wildman–Crippen MR) is 92.1 cm³/mol. The van der Waals surface area contributed by atoms with Gasteiger partial charge in [-0.15, -0.1) is 10.2 Å². The lowest BCUT2D eigenvalue weighted by Gasteiger charge is -2.33. The molecular weight excluding hydrogens is 288 g/mol. The molecule has 1 aliphatic heterocycles. The molecule has 0 amide bonds. The fourth-order valence-corrected chi connectivity index (χ4v) is 3.15. The molecule has 0 N–H and O–H groups in total. The van der Waals surface area contributed by atoms with Crippen LogP contribution in [0.4, 0.5) is 5.82 Å². The van der Waals surface area contributed by atoms with E-state index in [1.165, 1.54) is 5.56 Å². The summed E-state index contributed by atoms with van der Waals surface area (Å²) in [6.45, 7) is 8.45. The molecule has 3 heterocycles.